The van der Waals surface area contributed by atoms with Crippen LogP contribution in [0.2, 0.25) is 0 Å². The third-order valence-corrected chi connectivity index (χ3v) is 4.40. The third kappa shape index (κ3) is 4.99. The minimum atomic E-state index is -0.569. The number of benzene rings is 3. The molecule has 2 N–H and O–H groups in total. The Labute approximate surface area is 168 Å². The maximum atomic E-state index is 13.6. The van der Waals surface area contributed by atoms with Crippen molar-refractivity contribution in [1.29, 1.82) is 0 Å². The summed E-state index contributed by atoms with van der Waals surface area (Å²) in [5, 5.41) is 5.51. The molecule has 0 atom stereocenters. The summed E-state index contributed by atoms with van der Waals surface area (Å²) in [5.74, 6) is -1.21. The Morgan fingerprint density at radius 2 is 1.66 bits per heavy atom. The summed E-state index contributed by atoms with van der Waals surface area (Å²) in [6.45, 7) is 2.36. The zero-order valence-electron chi connectivity index (χ0n) is 16.2. The van der Waals surface area contributed by atoms with Crippen molar-refractivity contribution in [3.63, 3.8) is 0 Å². The lowest BCUT2D eigenvalue weighted by Gasteiger charge is -2.13. The van der Waals surface area contributed by atoms with Gasteiger partial charge in [-0.2, -0.15) is 0 Å². The highest BCUT2D eigenvalue weighted by atomic mass is 19.1. The molecule has 0 saturated carbocycles. The van der Waals surface area contributed by atoms with Crippen LogP contribution in [0.4, 0.5) is 10.1 Å². The van der Waals surface area contributed by atoms with Crippen molar-refractivity contribution in [2.75, 3.05) is 12.4 Å². The first-order valence-corrected chi connectivity index (χ1v) is 9.05. The zero-order valence-corrected chi connectivity index (χ0v) is 16.2. The largest absolute Gasteiger partial charge is 0.496 e. The van der Waals surface area contributed by atoms with E-state index in [-0.39, 0.29) is 17.2 Å². The first-order chi connectivity index (χ1) is 14.0. The van der Waals surface area contributed by atoms with Crippen LogP contribution in [-0.2, 0) is 6.54 Å². The molecule has 148 valence electrons. The first kappa shape index (κ1) is 20.1. The van der Waals surface area contributed by atoms with E-state index in [2.05, 4.69) is 10.6 Å². The van der Waals surface area contributed by atoms with Crippen LogP contribution in [0.1, 0.15) is 31.8 Å². The smallest absolute Gasteiger partial charge is 0.259 e. The van der Waals surface area contributed by atoms with Crippen molar-refractivity contribution in [3.05, 3.63) is 94.8 Å². The van der Waals surface area contributed by atoms with E-state index in [0.717, 1.165) is 17.2 Å². The number of carbonyl (C=O) groups is 2. The van der Waals surface area contributed by atoms with Crippen LogP contribution in [0, 0.1) is 12.7 Å². The van der Waals surface area contributed by atoms with Crippen molar-refractivity contribution in [1.82, 2.24) is 5.32 Å². The van der Waals surface area contributed by atoms with E-state index in [1.165, 1.54) is 19.2 Å². The van der Waals surface area contributed by atoms with Crippen LogP contribution in [-0.4, -0.2) is 18.9 Å². The summed E-state index contributed by atoms with van der Waals surface area (Å²) >= 11 is 0. The summed E-state index contributed by atoms with van der Waals surface area (Å²) in [7, 11) is 1.40. The molecule has 6 heteroatoms. The highest BCUT2D eigenvalue weighted by Crippen LogP contribution is 2.22. The van der Waals surface area contributed by atoms with Gasteiger partial charge in [0.1, 0.15) is 11.6 Å². The van der Waals surface area contributed by atoms with Gasteiger partial charge in [-0.3, -0.25) is 9.59 Å². The van der Waals surface area contributed by atoms with Crippen molar-refractivity contribution in [3.8, 4) is 5.75 Å². The standard InChI is InChI=1S/C23H21FN2O3/c1-15-7-9-16(10-8-15)14-25-22(27)18-5-3-4-6-20(18)26-23(28)19-13-17(24)11-12-21(19)29-2/h3-13H,14H2,1-2H3,(H,25,27)(H,26,28). The van der Waals surface area contributed by atoms with E-state index in [9.17, 15) is 14.0 Å². The second-order valence-electron chi connectivity index (χ2n) is 6.51. The second kappa shape index (κ2) is 9.01. The zero-order chi connectivity index (χ0) is 20.8. The molecule has 0 radical (unpaired) electrons. The molecular formula is C23H21FN2O3. The lowest BCUT2D eigenvalue weighted by atomic mass is 10.1. The van der Waals surface area contributed by atoms with Gasteiger partial charge in [-0.15, -0.1) is 0 Å². The first-order valence-electron chi connectivity index (χ1n) is 9.05. The number of halogens is 1. The summed E-state index contributed by atoms with van der Waals surface area (Å²) in [6, 6.07) is 18.2. The molecule has 2 amide bonds. The monoisotopic (exact) mass is 392 g/mol. The van der Waals surface area contributed by atoms with E-state index in [4.69, 9.17) is 4.74 Å². The van der Waals surface area contributed by atoms with Crippen LogP contribution >= 0.6 is 0 Å². The minimum Gasteiger partial charge on any atom is -0.496 e. The van der Waals surface area contributed by atoms with Crippen molar-refractivity contribution >= 4 is 17.5 Å². The summed E-state index contributed by atoms with van der Waals surface area (Å²) in [6.07, 6.45) is 0. The van der Waals surface area contributed by atoms with E-state index in [0.29, 0.717) is 17.8 Å². The molecule has 0 saturated heterocycles. The Morgan fingerprint density at radius 1 is 0.931 bits per heavy atom. The normalized spacial score (nSPS) is 10.3. The van der Waals surface area contributed by atoms with E-state index in [1.807, 2.05) is 31.2 Å². The van der Waals surface area contributed by atoms with Gasteiger partial charge in [0.25, 0.3) is 11.8 Å². The van der Waals surface area contributed by atoms with E-state index < -0.39 is 11.7 Å². The maximum absolute atomic E-state index is 13.6. The van der Waals surface area contributed by atoms with Gasteiger partial charge < -0.3 is 15.4 Å². The molecule has 3 aromatic carbocycles. The van der Waals surface area contributed by atoms with Gasteiger partial charge in [-0.1, -0.05) is 42.0 Å². The topological polar surface area (TPSA) is 67.4 Å². The van der Waals surface area contributed by atoms with Crippen molar-refractivity contribution in [2.45, 2.75) is 13.5 Å². The quantitative estimate of drug-likeness (QED) is 0.656. The maximum Gasteiger partial charge on any atom is 0.259 e. The summed E-state index contributed by atoms with van der Waals surface area (Å²) in [5.41, 5.74) is 2.78. The molecule has 29 heavy (non-hydrogen) atoms. The van der Waals surface area contributed by atoms with E-state index >= 15 is 0 Å². The number of ether oxygens (including phenoxy) is 1. The molecule has 0 aliphatic heterocycles. The van der Waals surface area contributed by atoms with Crippen molar-refractivity contribution < 1.29 is 18.7 Å². The van der Waals surface area contributed by atoms with Crippen LogP contribution in [0.25, 0.3) is 0 Å². The van der Waals surface area contributed by atoms with Gasteiger partial charge in [-0.05, 0) is 42.8 Å². The lowest BCUT2D eigenvalue weighted by molar-refractivity contribution is 0.0952. The molecule has 0 fully saturated rings. The Balaban J connectivity index is 1.76. The Hall–Kier alpha value is -3.67. The van der Waals surface area contributed by atoms with Gasteiger partial charge in [0.05, 0.1) is 23.9 Å². The molecule has 0 unspecified atom stereocenters. The number of hydrogen-bond donors (Lipinski definition) is 2. The van der Waals surface area contributed by atoms with Gasteiger partial charge in [0.15, 0.2) is 0 Å². The summed E-state index contributed by atoms with van der Waals surface area (Å²) < 4.78 is 18.7. The molecule has 0 heterocycles. The number of methoxy groups -OCH3 is 1. The number of carbonyl (C=O) groups excluding carboxylic acids is 2. The second-order valence-corrected chi connectivity index (χ2v) is 6.51. The van der Waals surface area contributed by atoms with Gasteiger partial charge in [0.2, 0.25) is 0 Å². The fourth-order valence-electron chi connectivity index (χ4n) is 2.82. The number of nitrogens with one attached hydrogen (secondary N) is 2. The predicted octanol–water partition coefficient (Wildman–Crippen LogP) is 4.33. The predicted molar refractivity (Wildman–Crippen MR) is 110 cm³/mol. The van der Waals surface area contributed by atoms with Crippen LogP contribution < -0.4 is 15.4 Å². The number of aryl methyl sites for hydroxylation is 1. The number of amides is 2. The van der Waals surface area contributed by atoms with E-state index in [1.54, 1.807) is 24.3 Å². The molecule has 5 nitrogen and oxygen atoms in total. The lowest BCUT2D eigenvalue weighted by Crippen LogP contribution is -2.25. The molecule has 0 aliphatic carbocycles. The molecule has 0 aliphatic rings. The highest BCUT2D eigenvalue weighted by molar-refractivity contribution is 6.10. The number of hydrogen-bond acceptors (Lipinski definition) is 3. The van der Waals surface area contributed by atoms with Crippen LogP contribution in [0.15, 0.2) is 66.7 Å². The Morgan fingerprint density at radius 3 is 2.38 bits per heavy atom. The SMILES string of the molecule is COc1ccc(F)cc1C(=O)Nc1ccccc1C(=O)NCc1ccc(C)cc1. The molecular weight excluding hydrogens is 371 g/mol. The van der Waals surface area contributed by atoms with Crippen LogP contribution in [0.5, 0.6) is 5.75 Å². The van der Waals surface area contributed by atoms with Crippen LogP contribution in [0.3, 0.4) is 0 Å². The fraction of sp³-hybridized carbons (Fsp3) is 0.130. The molecule has 0 bridgehead atoms. The molecule has 0 aromatic heterocycles. The average Bonchev–Trinajstić information content (AvgIpc) is 2.73. The Kier molecular flexibility index (Phi) is 6.24. The minimum absolute atomic E-state index is 0.0439. The number of para-hydroxylation sites is 1. The average molecular weight is 392 g/mol. The summed E-state index contributed by atoms with van der Waals surface area (Å²) in [4.78, 5) is 25.3. The van der Waals surface area contributed by atoms with Gasteiger partial charge in [-0.25, -0.2) is 4.39 Å². The number of anilines is 1. The Bertz CT molecular complexity index is 1030. The number of rotatable bonds is 6. The molecule has 3 aromatic rings. The fourth-order valence-corrected chi connectivity index (χ4v) is 2.82. The molecule has 0 spiro atoms. The van der Waals surface area contributed by atoms with Gasteiger partial charge in [0, 0.05) is 6.54 Å². The third-order valence-electron chi connectivity index (χ3n) is 4.40. The van der Waals surface area contributed by atoms with Gasteiger partial charge >= 0.3 is 0 Å². The van der Waals surface area contributed by atoms with Crippen molar-refractivity contribution in [2.24, 2.45) is 0 Å². The highest BCUT2D eigenvalue weighted by Gasteiger charge is 2.17. The molecule has 3 rings (SSSR count).